The van der Waals surface area contributed by atoms with Crippen LogP contribution in [0.25, 0.3) is 0 Å². The molecule has 1 aromatic rings. The van der Waals surface area contributed by atoms with Crippen LogP contribution in [0.15, 0.2) is 29.3 Å². The molecule has 2 saturated heterocycles. The van der Waals surface area contributed by atoms with E-state index in [0.29, 0.717) is 13.2 Å². The van der Waals surface area contributed by atoms with Gasteiger partial charge in [-0.25, -0.2) is 4.79 Å². The van der Waals surface area contributed by atoms with Crippen LogP contribution in [0.2, 0.25) is 0 Å². The Morgan fingerprint density at radius 3 is 2.84 bits per heavy atom. The van der Waals surface area contributed by atoms with Crippen molar-refractivity contribution in [3.8, 4) is 0 Å². The number of likely N-dealkylation sites (tertiary alicyclic amines) is 1. The number of nitrogens with one attached hydrogen (secondary N) is 1. The van der Waals surface area contributed by atoms with Gasteiger partial charge in [0.25, 0.3) is 0 Å². The summed E-state index contributed by atoms with van der Waals surface area (Å²) in [6.45, 7) is 4.64. The van der Waals surface area contributed by atoms with Gasteiger partial charge >= 0.3 is 6.03 Å². The normalized spacial score (nSPS) is 27.3. The molecule has 6 heteroatoms. The number of ether oxygens (including phenoxy) is 2. The van der Waals surface area contributed by atoms with Gasteiger partial charge in [-0.15, -0.1) is 0 Å². The molecule has 2 amide bonds. The molecule has 6 nitrogen and oxygen atoms in total. The van der Waals surface area contributed by atoms with Gasteiger partial charge in [0.15, 0.2) is 0 Å². The maximum absolute atomic E-state index is 12.6. The summed E-state index contributed by atoms with van der Waals surface area (Å²) in [4.78, 5) is 19.3. The van der Waals surface area contributed by atoms with E-state index < -0.39 is 0 Å². The zero-order chi connectivity index (χ0) is 17.4. The Morgan fingerprint density at radius 2 is 2.08 bits per heavy atom. The summed E-state index contributed by atoms with van der Waals surface area (Å²) in [5.41, 5.74) is 3.58. The van der Waals surface area contributed by atoms with E-state index in [9.17, 15) is 4.79 Å². The number of methoxy groups -OCH3 is 1. The number of aliphatic imine (C=N–C) groups is 1. The van der Waals surface area contributed by atoms with Crippen molar-refractivity contribution in [2.75, 3.05) is 33.4 Å². The lowest BCUT2D eigenvalue weighted by Gasteiger charge is -2.40. The SMILES string of the molecule is CO[C@@H]1COC[C@@H]1NC(=O)N1CCC2(CC1)C(C)=Nc1ccccc12. The molecule has 0 bridgehead atoms. The predicted molar refractivity (Wildman–Crippen MR) is 95.6 cm³/mol. The van der Waals surface area contributed by atoms with E-state index in [1.54, 1.807) is 7.11 Å². The predicted octanol–water partition coefficient (Wildman–Crippen LogP) is 2.25. The van der Waals surface area contributed by atoms with E-state index in [4.69, 9.17) is 14.5 Å². The lowest BCUT2D eigenvalue weighted by Crippen LogP contribution is -2.54. The molecule has 4 rings (SSSR count). The zero-order valence-corrected chi connectivity index (χ0v) is 14.8. The molecule has 3 aliphatic heterocycles. The summed E-state index contributed by atoms with van der Waals surface area (Å²) in [5.74, 6) is 0. The molecule has 2 atom stereocenters. The van der Waals surface area contributed by atoms with Gasteiger partial charge in [0.05, 0.1) is 24.9 Å². The topological polar surface area (TPSA) is 63.2 Å². The molecule has 3 heterocycles. The van der Waals surface area contributed by atoms with Gasteiger partial charge in [-0.2, -0.15) is 0 Å². The zero-order valence-electron chi connectivity index (χ0n) is 14.8. The number of para-hydroxylation sites is 1. The summed E-state index contributed by atoms with van der Waals surface area (Å²) in [5, 5.41) is 3.07. The van der Waals surface area contributed by atoms with Gasteiger partial charge < -0.3 is 19.7 Å². The Kier molecular flexibility index (Phi) is 4.25. The molecule has 1 N–H and O–H groups in total. The largest absolute Gasteiger partial charge is 0.377 e. The lowest BCUT2D eigenvalue weighted by molar-refractivity contribution is 0.0730. The van der Waals surface area contributed by atoms with Gasteiger partial charge in [0.2, 0.25) is 0 Å². The van der Waals surface area contributed by atoms with Crippen LogP contribution in [0.3, 0.4) is 0 Å². The molecular formula is C19H25N3O3. The van der Waals surface area contributed by atoms with Crippen molar-refractivity contribution in [3.63, 3.8) is 0 Å². The second-order valence-corrected chi connectivity index (χ2v) is 7.15. The lowest BCUT2D eigenvalue weighted by atomic mass is 9.71. The van der Waals surface area contributed by atoms with Gasteiger partial charge in [-0.1, -0.05) is 18.2 Å². The van der Waals surface area contributed by atoms with Crippen LogP contribution in [0.5, 0.6) is 0 Å². The van der Waals surface area contributed by atoms with E-state index in [0.717, 1.165) is 31.6 Å². The van der Waals surface area contributed by atoms with E-state index in [1.807, 2.05) is 11.0 Å². The Hall–Kier alpha value is -1.92. The molecule has 0 aliphatic carbocycles. The second-order valence-electron chi connectivity index (χ2n) is 7.15. The van der Waals surface area contributed by atoms with Gasteiger partial charge in [-0.3, -0.25) is 4.99 Å². The Bertz CT molecular complexity index is 695. The second kappa shape index (κ2) is 6.42. The van der Waals surface area contributed by atoms with E-state index in [2.05, 4.69) is 30.4 Å². The number of carbonyl (C=O) groups is 1. The number of rotatable bonds is 2. The number of hydrogen-bond acceptors (Lipinski definition) is 4. The minimum absolute atomic E-state index is 0.00108. The van der Waals surface area contributed by atoms with Crippen LogP contribution in [0.4, 0.5) is 10.5 Å². The quantitative estimate of drug-likeness (QED) is 0.896. The average molecular weight is 343 g/mol. The maximum atomic E-state index is 12.6. The first kappa shape index (κ1) is 16.5. The van der Waals surface area contributed by atoms with Crippen molar-refractivity contribution in [3.05, 3.63) is 29.8 Å². The number of benzene rings is 1. The summed E-state index contributed by atoms with van der Waals surface area (Å²) in [6.07, 6.45) is 1.78. The molecule has 25 heavy (non-hydrogen) atoms. The van der Waals surface area contributed by atoms with Crippen LogP contribution in [-0.4, -0.2) is 62.2 Å². The maximum Gasteiger partial charge on any atom is 0.317 e. The van der Waals surface area contributed by atoms with Gasteiger partial charge in [0, 0.05) is 31.3 Å². The van der Waals surface area contributed by atoms with Crippen molar-refractivity contribution in [1.29, 1.82) is 0 Å². The average Bonchev–Trinajstić information content (AvgIpc) is 3.19. The summed E-state index contributed by atoms with van der Waals surface area (Å²) >= 11 is 0. The Morgan fingerprint density at radius 1 is 1.32 bits per heavy atom. The van der Waals surface area contributed by atoms with Gasteiger partial charge in [0.1, 0.15) is 6.10 Å². The monoisotopic (exact) mass is 343 g/mol. The third kappa shape index (κ3) is 2.73. The van der Waals surface area contributed by atoms with Crippen LogP contribution in [0, 0.1) is 0 Å². The van der Waals surface area contributed by atoms with Crippen molar-refractivity contribution in [2.45, 2.75) is 37.3 Å². The fourth-order valence-electron chi connectivity index (χ4n) is 4.33. The van der Waals surface area contributed by atoms with Crippen LogP contribution < -0.4 is 5.32 Å². The van der Waals surface area contributed by atoms with Crippen LogP contribution in [0.1, 0.15) is 25.3 Å². The fourth-order valence-corrected chi connectivity index (χ4v) is 4.33. The molecule has 0 radical (unpaired) electrons. The first-order valence-corrected chi connectivity index (χ1v) is 8.95. The highest BCUT2D eigenvalue weighted by molar-refractivity contribution is 6.00. The molecule has 3 aliphatic rings. The minimum Gasteiger partial charge on any atom is -0.377 e. The standard InChI is InChI=1S/C19H25N3O3/c1-13-19(14-5-3-4-6-15(14)20-13)7-9-22(10-8-19)18(23)21-16-11-25-12-17(16)24-2/h3-6,16-17H,7-12H2,1-2H3,(H,21,23)/t16-,17+/m0/s1. The molecule has 2 fully saturated rings. The van der Waals surface area contributed by atoms with Crippen molar-refractivity contribution in [1.82, 2.24) is 10.2 Å². The molecule has 0 unspecified atom stereocenters. The minimum atomic E-state index is -0.0658. The number of nitrogens with zero attached hydrogens (tertiary/aromatic N) is 2. The smallest absolute Gasteiger partial charge is 0.317 e. The van der Waals surface area contributed by atoms with Crippen LogP contribution >= 0.6 is 0 Å². The van der Waals surface area contributed by atoms with E-state index in [1.165, 1.54) is 11.3 Å². The highest BCUT2D eigenvalue weighted by Gasteiger charge is 2.44. The number of piperidine rings is 1. The first-order chi connectivity index (χ1) is 12.1. The number of fused-ring (bicyclic) bond motifs is 2. The molecule has 0 aromatic heterocycles. The summed E-state index contributed by atoms with van der Waals surface area (Å²) in [6, 6.07) is 8.30. The third-order valence-electron chi connectivity index (χ3n) is 5.94. The number of urea groups is 1. The van der Waals surface area contributed by atoms with Crippen molar-refractivity contribution >= 4 is 17.4 Å². The summed E-state index contributed by atoms with van der Waals surface area (Å²) < 4.78 is 10.8. The van der Waals surface area contributed by atoms with Crippen molar-refractivity contribution in [2.24, 2.45) is 4.99 Å². The molecule has 134 valence electrons. The highest BCUT2D eigenvalue weighted by Crippen LogP contribution is 2.46. The third-order valence-corrected chi connectivity index (χ3v) is 5.94. The molecule has 1 aromatic carbocycles. The van der Waals surface area contributed by atoms with Crippen LogP contribution in [-0.2, 0) is 14.9 Å². The van der Waals surface area contributed by atoms with Crippen molar-refractivity contribution < 1.29 is 14.3 Å². The number of amides is 2. The summed E-state index contributed by atoms with van der Waals surface area (Å²) in [7, 11) is 1.66. The van der Waals surface area contributed by atoms with Gasteiger partial charge in [-0.05, 0) is 31.4 Å². The van der Waals surface area contributed by atoms with E-state index >= 15 is 0 Å². The number of hydrogen-bond donors (Lipinski definition) is 1. The first-order valence-electron chi connectivity index (χ1n) is 8.95. The molecule has 0 saturated carbocycles. The molecule has 1 spiro atoms. The number of carbonyl (C=O) groups excluding carboxylic acids is 1. The Balaban J connectivity index is 1.42. The Labute approximate surface area is 148 Å². The fraction of sp³-hybridized carbons (Fsp3) is 0.579. The van der Waals surface area contributed by atoms with E-state index in [-0.39, 0.29) is 23.6 Å². The highest BCUT2D eigenvalue weighted by atomic mass is 16.5. The molecular weight excluding hydrogens is 318 g/mol.